The van der Waals surface area contributed by atoms with Crippen molar-refractivity contribution in [2.75, 3.05) is 18.1 Å². The Labute approximate surface area is 116 Å². The molecule has 1 aliphatic heterocycles. The van der Waals surface area contributed by atoms with Gasteiger partial charge in [-0.2, -0.15) is 13.2 Å². The number of alkyl halides is 3. The Kier molecular flexibility index (Phi) is 5.10. The van der Waals surface area contributed by atoms with E-state index >= 15 is 0 Å². The van der Waals surface area contributed by atoms with E-state index in [4.69, 9.17) is 4.74 Å². The molecule has 0 N–H and O–H groups in total. The highest BCUT2D eigenvalue weighted by Crippen LogP contribution is 2.47. The van der Waals surface area contributed by atoms with E-state index in [1.54, 1.807) is 13.8 Å². The maximum atomic E-state index is 13.2. The first-order valence-corrected chi connectivity index (χ1v) is 8.29. The molecule has 20 heavy (non-hydrogen) atoms. The van der Waals surface area contributed by atoms with Crippen molar-refractivity contribution in [1.82, 2.24) is 0 Å². The minimum atomic E-state index is -4.58. The summed E-state index contributed by atoms with van der Waals surface area (Å²) in [7, 11) is -3.41. The molecular formula is C12H19F3O4S. The van der Waals surface area contributed by atoms with E-state index in [0.717, 1.165) is 0 Å². The van der Waals surface area contributed by atoms with Crippen LogP contribution < -0.4 is 0 Å². The van der Waals surface area contributed by atoms with Crippen molar-refractivity contribution in [1.29, 1.82) is 0 Å². The number of carbonyl (C=O) groups excluding carboxylic acids is 1. The van der Waals surface area contributed by atoms with Crippen LogP contribution in [0.3, 0.4) is 0 Å². The van der Waals surface area contributed by atoms with Crippen molar-refractivity contribution < 1.29 is 31.1 Å². The maximum Gasteiger partial charge on any atom is 0.397 e. The van der Waals surface area contributed by atoms with Gasteiger partial charge in [0.2, 0.25) is 0 Å². The van der Waals surface area contributed by atoms with Crippen LogP contribution in [0.2, 0.25) is 0 Å². The average molecular weight is 316 g/mol. The van der Waals surface area contributed by atoms with Gasteiger partial charge in [-0.05, 0) is 19.3 Å². The summed E-state index contributed by atoms with van der Waals surface area (Å²) in [5, 5.41) is 0. The van der Waals surface area contributed by atoms with Gasteiger partial charge in [0, 0.05) is 0 Å². The summed E-state index contributed by atoms with van der Waals surface area (Å²) in [6, 6.07) is 0. The molecule has 0 bridgehead atoms. The first kappa shape index (κ1) is 17.3. The maximum absolute atomic E-state index is 13.2. The molecule has 118 valence electrons. The van der Waals surface area contributed by atoms with Crippen molar-refractivity contribution in [2.45, 2.75) is 39.3 Å². The molecule has 1 rings (SSSR count). The van der Waals surface area contributed by atoms with Gasteiger partial charge in [-0.15, -0.1) is 0 Å². The van der Waals surface area contributed by atoms with Gasteiger partial charge in [-0.25, -0.2) is 8.42 Å². The van der Waals surface area contributed by atoms with Crippen LogP contribution in [0, 0.1) is 11.3 Å². The first-order valence-electron chi connectivity index (χ1n) is 6.47. The van der Waals surface area contributed by atoms with Gasteiger partial charge >= 0.3 is 12.1 Å². The fraction of sp³-hybridized carbons (Fsp3) is 0.917. The Morgan fingerprint density at radius 2 is 1.80 bits per heavy atom. The van der Waals surface area contributed by atoms with E-state index in [9.17, 15) is 26.4 Å². The molecule has 1 saturated heterocycles. The van der Waals surface area contributed by atoms with Crippen LogP contribution in [0.1, 0.15) is 33.1 Å². The Bertz CT molecular complexity index is 442. The number of rotatable bonds is 4. The Hall–Kier alpha value is -0.790. The quantitative estimate of drug-likeness (QED) is 0.747. The number of hydrogen-bond acceptors (Lipinski definition) is 4. The van der Waals surface area contributed by atoms with E-state index in [-0.39, 0.29) is 0 Å². The number of esters is 1. The number of sulfone groups is 1. The van der Waals surface area contributed by atoms with Crippen LogP contribution >= 0.6 is 0 Å². The third kappa shape index (κ3) is 3.86. The van der Waals surface area contributed by atoms with E-state index < -0.39 is 64.3 Å². The van der Waals surface area contributed by atoms with E-state index in [1.165, 1.54) is 0 Å². The smallest absolute Gasteiger partial charge is 0.397 e. The lowest BCUT2D eigenvalue weighted by Crippen LogP contribution is -2.48. The third-order valence-electron chi connectivity index (χ3n) is 3.89. The standard InChI is InChI=1S/C12H19F3O4S/c1-3-9(2)10(16)19-8-11(12(13,14)15)4-6-20(17,18)7-5-11/h9H,3-8H2,1-2H3. The molecule has 1 atom stereocenters. The molecule has 0 radical (unpaired) electrons. The molecule has 1 aliphatic rings. The fourth-order valence-electron chi connectivity index (χ4n) is 1.96. The molecule has 0 amide bonds. The number of halogens is 3. The molecule has 0 spiro atoms. The van der Waals surface area contributed by atoms with Gasteiger partial charge in [0.05, 0.1) is 17.4 Å². The van der Waals surface area contributed by atoms with Crippen LogP contribution in [0.4, 0.5) is 13.2 Å². The number of ether oxygens (including phenoxy) is 1. The van der Waals surface area contributed by atoms with Crippen LogP contribution in [-0.4, -0.2) is 38.7 Å². The Morgan fingerprint density at radius 3 is 2.20 bits per heavy atom. The first-order chi connectivity index (χ1) is 9.03. The molecule has 0 aromatic rings. The van der Waals surface area contributed by atoms with Gasteiger partial charge in [0.25, 0.3) is 0 Å². The van der Waals surface area contributed by atoms with E-state index in [0.29, 0.717) is 6.42 Å². The van der Waals surface area contributed by atoms with E-state index in [1.807, 2.05) is 0 Å². The second kappa shape index (κ2) is 5.91. The van der Waals surface area contributed by atoms with Crippen molar-refractivity contribution in [3.63, 3.8) is 0 Å². The molecule has 0 aromatic carbocycles. The van der Waals surface area contributed by atoms with Crippen LogP contribution in [0.5, 0.6) is 0 Å². The second-order valence-electron chi connectivity index (χ2n) is 5.35. The van der Waals surface area contributed by atoms with Crippen LogP contribution in [0.15, 0.2) is 0 Å². The van der Waals surface area contributed by atoms with Crippen molar-refractivity contribution in [3.05, 3.63) is 0 Å². The molecule has 1 fully saturated rings. The van der Waals surface area contributed by atoms with Gasteiger partial charge in [-0.3, -0.25) is 4.79 Å². The predicted octanol–water partition coefficient (Wildman–Crippen LogP) is 2.33. The molecule has 1 unspecified atom stereocenters. The molecule has 0 saturated carbocycles. The van der Waals surface area contributed by atoms with Gasteiger partial charge < -0.3 is 4.74 Å². The second-order valence-corrected chi connectivity index (χ2v) is 7.65. The van der Waals surface area contributed by atoms with Crippen LogP contribution in [-0.2, 0) is 19.4 Å². The fourth-order valence-corrected chi connectivity index (χ4v) is 3.56. The normalized spacial score (nSPS) is 23.1. The summed E-state index contributed by atoms with van der Waals surface area (Å²) in [5.41, 5.74) is -2.23. The topological polar surface area (TPSA) is 60.4 Å². The zero-order valence-electron chi connectivity index (χ0n) is 11.5. The summed E-state index contributed by atoms with van der Waals surface area (Å²) in [6.45, 7) is 2.52. The van der Waals surface area contributed by atoms with E-state index in [2.05, 4.69) is 0 Å². The minimum Gasteiger partial charge on any atom is -0.465 e. The highest BCUT2D eigenvalue weighted by molar-refractivity contribution is 7.91. The minimum absolute atomic E-state index is 0.465. The van der Waals surface area contributed by atoms with Crippen molar-refractivity contribution in [2.24, 2.45) is 11.3 Å². The SMILES string of the molecule is CCC(C)C(=O)OCC1(C(F)(F)F)CCS(=O)(=O)CC1. The molecule has 0 aliphatic carbocycles. The largest absolute Gasteiger partial charge is 0.465 e. The lowest BCUT2D eigenvalue weighted by Gasteiger charge is -2.38. The average Bonchev–Trinajstić information content (AvgIpc) is 2.35. The lowest BCUT2D eigenvalue weighted by molar-refractivity contribution is -0.242. The number of hydrogen-bond donors (Lipinski definition) is 0. The highest BCUT2D eigenvalue weighted by Gasteiger charge is 2.57. The van der Waals surface area contributed by atoms with Gasteiger partial charge in [-0.1, -0.05) is 13.8 Å². The monoisotopic (exact) mass is 316 g/mol. The van der Waals surface area contributed by atoms with Crippen molar-refractivity contribution >= 4 is 15.8 Å². The van der Waals surface area contributed by atoms with Crippen LogP contribution in [0.25, 0.3) is 0 Å². The summed E-state index contributed by atoms with van der Waals surface area (Å²) in [4.78, 5) is 11.5. The Morgan fingerprint density at radius 1 is 1.30 bits per heavy atom. The predicted molar refractivity (Wildman–Crippen MR) is 66.8 cm³/mol. The summed E-state index contributed by atoms with van der Waals surface area (Å²) in [5.74, 6) is -2.18. The highest BCUT2D eigenvalue weighted by atomic mass is 32.2. The molecule has 8 heteroatoms. The molecular weight excluding hydrogens is 297 g/mol. The third-order valence-corrected chi connectivity index (χ3v) is 5.54. The Balaban J connectivity index is 2.80. The summed E-state index contributed by atoms with van der Waals surface area (Å²) < 4.78 is 66.9. The van der Waals surface area contributed by atoms with Gasteiger partial charge in [0.15, 0.2) is 0 Å². The molecule has 1 heterocycles. The summed E-state index contributed by atoms with van der Waals surface area (Å²) in [6.07, 6.45) is -5.20. The van der Waals surface area contributed by atoms with Crippen molar-refractivity contribution in [3.8, 4) is 0 Å². The lowest BCUT2D eigenvalue weighted by atomic mass is 9.82. The number of carbonyl (C=O) groups is 1. The zero-order chi connectivity index (χ0) is 15.6. The molecule has 4 nitrogen and oxygen atoms in total. The zero-order valence-corrected chi connectivity index (χ0v) is 12.3. The summed E-state index contributed by atoms with van der Waals surface area (Å²) >= 11 is 0. The van der Waals surface area contributed by atoms with Gasteiger partial charge in [0.1, 0.15) is 21.9 Å². The molecule has 0 aromatic heterocycles.